The van der Waals surface area contributed by atoms with Crippen LogP contribution in [0.15, 0.2) is 0 Å². The zero-order valence-electron chi connectivity index (χ0n) is 13.0. The molecule has 0 saturated heterocycles. The van der Waals surface area contributed by atoms with Gasteiger partial charge in [-0.3, -0.25) is 0 Å². The van der Waals surface area contributed by atoms with Crippen LogP contribution in [0, 0.1) is 23.2 Å². The minimum Gasteiger partial charge on any atom is -0.315 e. The first-order chi connectivity index (χ1) is 9.23. The molecule has 0 unspecified atom stereocenters. The summed E-state index contributed by atoms with van der Waals surface area (Å²) in [6.07, 6.45) is 9.32. The zero-order chi connectivity index (χ0) is 13.3. The molecule has 19 heavy (non-hydrogen) atoms. The van der Waals surface area contributed by atoms with Crippen LogP contribution >= 0.6 is 0 Å². The third kappa shape index (κ3) is 3.00. The van der Waals surface area contributed by atoms with Crippen LogP contribution in [0.4, 0.5) is 0 Å². The van der Waals surface area contributed by atoms with E-state index in [1.54, 1.807) is 19.3 Å². The summed E-state index contributed by atoms with van der Waals surface area (Å²) in [5, 5.41) is 3.80. The highest BCUT2D eigenvalue weighted by atomic mass is 15.1. The van der Waals surface area contributed by atoms with Gasteiger partial charge in [-0.2, -0.15) is 0 Å². The molecule has 4 fully saturated rings. The molecule has 4 bridgehead atoms. The fourth-order valence-corrected chi connectivity index (χ4v) is 5.64. The third-order valence-electron chi connectivity index (χ3n) is 6.16. The Balaban J connectivity index is 1.45. The van der Waals surface area contributed by atoms with E-state index >= 15 is 0 Å². The average Bonchev–Trinajstić information content (AvgIpc) is 2.37. The van der Waals surface area contributed by atoms with Gasteiger partial charge in [0.15, 0.2) is 0 Å². The van der Waals surface area contributed by atoms with Crippen molar-refractivity contribution in [3.05, 3.63) is 0 Å². The first-order valence-electron chi connectivity index (χ1n) is 8.66. The Morgan fingerprint density at radius 3 is 1.95 bits per heavy atom. The molecule has 2 heteroatoms. The number of nitrogens with one attached hydrogen (secondary N) is 1. The van der Waals surface area contributed by atoms with Gasteiger partial charge in [-0.15, -0.1) is 0 Å². The number of hydrogen-bond donors (Lipinski definition) is 1. The highest BCUT2D eigenvalue weighted by Crippen LogP contribution is 2.59. The minimum absolute atomic E-state index is 0.706. The molecule has 4 saturated carbocycles. The molecule has 0 atom stereocenters. The van der Waals surface area contributed by atoms with Crippen LogP contribution in [0.25, 0.3) is 0 Å². The van der Waals surface area contributed by atoms with Gasteiger partial charge in [0, 0.05) is 19.6 Å². The van der Waals surface area contributed by atoms with Crippen LogP contribution in [-0.2, 0) is 0 Å². The largest absolute Gasteiger partial charge is 0.315 e. The summed E-state index contributed by atoms with van der Waals surface area (Å²) >= 11 is 0. The molecule has 4 aliphatic carbocycles. The molecule has 110 valence electrons. The van der Waals surface area contributed by atoms with Gasteiger partial charge in [0.25, 0.3) is 0 Å². The van der Waals surface area contributed by atoms with Gasteiger partial charge < -0.3 is 10.2 Å². The second-order valence-corrected chi connectivity index (χ2v) is 7.62. The topological polar surface area (TPSA) is 15.3 Å². The van der Waals surface area contributed by atoms with Crippen LogP contribution in [0.1, 0.15) is 52.4 Å². The van der Waals surface area contributed by atoms with Crippen molar-refractivity contribution in [2.24, 2.45) is 23.2 Å². The Labute approximate surface area is 119 Å². The quantitative estimate of drug-likeness (QED) is 0.711. The lowest BCUT2D eigenvalue weighted by Crippen LogP contribution is -2.51. The molecule has 0 aromatic heterocycles. The molecule has 2 nitrogen and oxygen atoms in total. The monoisotopic (exact) mass is 264 g/mol. The Morgan fingerprint density at radius 1 is 0.947 bits per heavy atom. The van der Waals surface area contributed by atoms with Crippen LogP contribution in [0.3, 0.4) is 0 Å². The molecule has 0 radical (unpaired) electrons. The fraction of sp³-hybridized carbons (Fsp3) is 1.00. The van der Waals surface area contributed by atoms with E-state index in [-0.39, 0.29) is 0 Å². The Hall–Kier alpha value is -0.0800. The lowest BCUT2D eigenvalue weighted by Gasteiger charge is -2.57. The van der Waals surface area contributed by atoms with E-state index in [1.165, 1.54) is 52.0 Å². The molecule has 0 aromatic rings. The Kier molecular flexibility index (Phi) is 4.19. The number of hydrogen-bond acceptors (Lipinski definition) is 2. The van der Waals surface area contributed by atoms with Gasteiger partial charge >= 0.3 is 0 Å². The van der Waals surface area contributed by atoms with Crippen LogP contribution in [0.2, 0.25) is 0 Å². The fourth-order valence-electron chi connectivity index (χ4n) is 5.64. The van der Waals surface area contributed by atoms with E-state index in [1.807, 2.05) is 0 Å². The summed E-state index contributed by atoms with van der Waals surface area (Å²) in [7, 11) is 0. The lowest BCUT2D eigenvalue weighted by atomic mass is 9.49. The van der Waals surface area contributed by atoms with Crippen molar-refractivity contribution in [3.63, 3.8) is 0 Å². The first-order valence-corrected chi connectivity index (χ1v) is 8.66. The first kappa shape index (κ1) is 13.9. The smallest absolute Gasteiger partial charge is 0.0107 e. The van der Waals surface area contributed by atoms with Crippen molar-refractivity contribution in [1.29, 1.82) is 0 Å². The van der Waals surface area contributed by atoms with Crippen LogP contribution in [0.5, 0.6) is 0 Å². The SMILES string of the molecule is CCN(CC)CCNCC12CC3CC(CC(C3)C1)C2. The standard InChI is InChI=1S/C17H32N2/c1-3-19(4-2)6-5-18-13-17-10-14-7-15(11-17)9-16(8-14)12-17/h14-16,18H,3-13H2,1-2H3. The molecule has 4 aliphatic rings. The molecule has 0 heterocycles. The van der Waals surface area contributed by atoms with Crippen molar-refractivity contribution in [3.8, 4) is 0 Å². The van der Waals surface area contributed by atoms with Gasteiger partial charge in [-0.1, -0.05) is 13.8 Å². The summed E-state index contributed by atoms with van der Waals surface area (Å²) < 4.78 is 0. The molecular formula is C17H32N2. The maximum Gasteiger partial charge on any atom is 0.0107 e. The maximum absolute atomic E-state index is 3.80. The van der Waals surface area contributed by atoms with E-state index < -0.39 is 0 Å². The average molecular weight is 264 g/mol. The normalized spacial score (nSPS) is 40.3. The second-order valence-electron chi connectivity index (χ2n) is 7.62. The maximum atomic E-state index is 3.80. The molecule has 0 spiro atoms. The Morgan fingerprint density at radius 2 is 1.47 bits per heavy atom. The van der Waals surface area contributed by atoms with E-state index in [0.29, 0.717) is 5.41 Å². The van der Waals surface area contributed by atoms with E-state index in [0.717, 1.165) is 17.8 Å². The van der Waals surface area contributed by atoms with Gasteiger partial charge in [0.2, 0.25) is 0 Å². The zero-order valence-corrected chi connectivity index (χ0v) is 13.0. The van der Waals surface area contributed by atoms with E-state index in [4.69, 9.17) is 0 Å². The minimum atomic E-state index is 0.706. The second kappa shape index (κ2) is 5.73. The highest BCUT2D eigenvalue weighted by molar-refractivity contribution is 5.02. The highest BCUT2D eigenvalue weighted by Gasteiger charge is 2.50. The van der Waals surface area contributed by atoms with Gasteiger partial charge in [0.1, 0.15) is 0 Å². The predicted octanol–water partition coefficient (Wildman–Crippen LogP) is 3.13. The van der Waals surface area contributed by atoms with Gasteiger partial charge in [-0.25, -0.2) is 0 Å². The summed E-state index contributed by atoms with van der Waals surface area (Å²) in [5.74, 6) is 3.28. The van der Waals surface area contributed by atoms with Crippen LogP contribution < -0.4 is 5.32 Å². The molecule has 0 amide bonds. The van der Waals surface area contributed by atoms with Crippen molar-refractivity contribution < 1.29 is 0 Å². The molecule has 1 N–H and O–H groups in total. The molecule has 4 rings (SSSR count). The molecule has 0 aliphatic heterocycles. The molecular weight excluding hydrogens is 232 g/mol. The Bertz CT molecular complexity index is 260. The summed E-state index contributed by atoms with van der Waals surface area (Å²) in [5.41, 5.74) is 0.706. The predicted molar refractivity (Wildman–Crippen MR) is 81.3 cm³/mol. The van der Waals surface area contributed by atoms with Crippen molar-refractivity contribution in [2.45, 2.75) is 52.4 Å². The lowest BCUT2D eigenvalue weighted by molar-refractivity contribution is -0.0513. The van der Waals surface area contributed by atoms with Crippen molar-refractivity contribution in [2.75, 3.05) is 32.7 Å². The number of likely N-dealkylation sites (N-methyl/N-ethyl adjacent to an activating group) is 1. The number of nitrogens with zero attached hydrogens (tertiary/aromatic N) is 1. The van der Waals surface area contributed by atoms with Crippen molar-refractivity contribution in [1.82, 2.24) is 10.2 Å². The van der Waals surface area contributed by atoms with Gasteiger partial charge in [-0.05, 0) is 74.8 Å². The number of rotatable bonds is 7. The van der Waals surface area contributed by atoms with Crippen molar-refractivity contribution >= 4 is 0 Å². The summed E-state index contributed by atoms with van der Waals surface area (Å²) in [4.78, 5) is 2.52. The van der Waals surface area contributed by atoms with Gasteiger partial charge in [0.05, 0.1) is 0 Å². The van der Waals surface area contributed by atoms with E-state index in [9.17, 15) is 0 Å². The third-order valence-corrected chi connectivity index (χ3v) is 6.16. The van der Waals surface area contributed by atoms with Crippen LogP contribution in [-0.4, -0.2) is 37.6 Å². The van der Waals surface area contributed by atoms with E-state index in [2.05, 4.69) is 24.1 Å². The summed E-state index contributed by atoms with van der Waals surface area (Å²) in [6.45, 7) is 10.6. The molecule has 0 aromatic carbocycles. The summed E-state index contributed by atoms with van der Waals surface area (Å²) in [6, 6.07) is 0.